The zero-order chi connectivity index (χ0) is 21.8. The van der Waals surface area contributed by atoms with Crippen LogP contribution >= 0.6 is 11.6 Å². The molecule has 31 heavy (non-hydrogen) atoms. The van der Waals surface area contributed by atoms with E-state index in [9.17, 15) is 9.18 Å². The second-order valence-electron chi connectivity index (χ2n) is 7.91. The Morgan fingerprint density at radius 3 is 2.90 bits per heavy atom. The van der Waals surface area contributed by atoms with Crippen LogP contribution in [0.5, 0.6) is 5.75 Å². The number of nitrogens with one attached hydrogen (secondary N) is 2. The molecule has 1 saturated heterocycles. The van der Waals surface area contributed by atoms with E-state index in [1.54, 1.807) is 12.3 Å². The summed E-state index contributed by atoms with van der Waals surface area (Å²) in [5.41, 5.74) is 1.03. The Bertz CT molecular complexity index is 1110. The Labute approximate surface area is 184 Å². The summed E-state index contributed by atoms with van der Waals surface area (Å²) in [5.74, 6) is 0.881. The third-order valence-corrected chi connectivity index (χ3v) is 5.87. The standard InChI is InChI=1S/C22H25ClFN5O2/c1-29-8-5-14(6-9-29)11-25-12-19-21-16(4-7-26-19)22(30)28-20(27-21)13-31-15-2-3-18(24)17(23)10-15/h2-4,7,10,14,25H,5-6,8-9,11-13H2,1H3,(H,27,28,30). The number of nitrogens with zero attached hydrogens (tertiary/aromatic N) is 3. The number of benzene rings is 1. The van der Waals surface area contributed by atoms with Crippen LogP contribution in [0.15, 0.2) is 35.3 Å². The minimum Gasteiger partial charge on any atom is -0.486 e. The zero-order valence-electron chi connectivity index (χ0n) is 17.3. The third-order valence-electron chi connectivity index (χ3n) is 5.58. The van der Waals surface area contributed by atoms with Crippen molar-refractivity contribution < 1.29 is 9.13 Å². The molecule has 0 saturated carbocycles. The van der Waals surface area contributed by atoms with Gasteiger partial charge in [0.1, 0.15) is 29.5 Å². The number of pyridine rings is 1. The van der Waals surface area contributed by atoms with E-state index in [-0.39, 0.29) is 17.2 Å². The number of aromatic amines is 1. The molecule has 3 heterocycles. The van der Waals surface area contributed by atoms with Gasteiger partial charge in [-0.3, -0.25) is 9.78 Å². The number of fused-ring (bicyclic) bond motifs is 1. The van der Waals surface area contributed by atoms with E-state index in [1.807, 2.05) is 0 Å². The predicted octanol–water partition coefficient (Wildman–Crippen LogP) is 3.12. The van der Waals surface area contributed by atoms with Gasteiger partial charge >= 0.3 is 0 Å². The molecule has 164 valence electrons. The van der Waals surface area contributed by atoms with Crippen LogP contribution in [0.4, 0.5) is 4.39 Å². The van der Waals surface area contributed by atoms with Crippen molar-refractivity contribution >= 4 is 22.5 Å². The van der Waals surface area contributed by atoms with Gasteiger partial charge in [-0.15, -0.1) is 0 Å². The molecule has 0 aliphatic carbocycles. The minimum absolute atomic E-state index is 0.0183. The summed E-state index contributed by atoms with van der Waals surface area (Å²) in [6.45, 7) is 3.71. The first-order chi connectivity index (χ1) is 15.0. The number of piperidine rings is 1. The molecule has 3 aromatic rings. The monoisotopic (exact) mass is 445 g/mol. The van der Waals surface area contributed by atoms with Gasteiger partial charge in [0.05, 0.1) is 16.1 Å². The number of halogens is 2. The molecule has 1 aliphatic heterocycles. The van der Waals surface area contributed by atoms with Crippen molar-refractivity contribution in [2.45, 2.75) is 26.0 Å². The largest absolute Gasteiger partial charge is 0.486 e. The molecule has 9 heteroatoms. The predicted molar refractivity (Wildman–Crippen MR) is 118 cm³/mol. The van der Waals surface area contributed by atoms with Crippen LogP contribution in [0.1, 0.15) is 24.4 Å². The Morgan fingerprint density at radius 2 is 2.13 bits per heavy atom. The summed E-state index contributed by atoms with van der Waals surface area (Å²) in [6, 6.07) is 5.74. The highest BCUT2D eigenvalue weighted by molar-refractivity contribution is 6.30. The Balaban J connectivity index is 1.46. The molecule has 0 atom stereocenters. The highest BCUT2D eigenvalue weighted by atomic mass is 35.5. The fourth-order valence-electron chi connectivity index (χ4n) is 3.74. The topological polar surface area (TPSA) is 83.1 Å². The van der Waals surface area contributed by atoms with Crippen molar-refractivity contribution in [2.75, 3.05) is 26.7 Å². The van der Waals surface area contributed by atoms with Crippen molar-refractivity contribution in [1.29, 1.82) is 0 Å². The van der Waals surface area contributed by atoms with E-state index in [0.29, 0.717) is 34.9 Å². The summed E-state index contributed by atoms with van der Waals surface area (Å²) < 4.78 is 18.9. The number of ether oxygens (including phenoxy) is 1. The van der Waals surface area contributed by atoms with Gasteiger partial charge in [0.2, 0.25) is 0 Å². The number of hydrogen-bond acceptors (Lipinski definition) is 6. The fraction of sp³-hybridized carbons (Fsp3) is 0.409. The summed E-state index contributed by atoms with van der Waals surface area (Å²) in [5, 5.41) is 3.93. The average Bonchev–Trinajstić information content (AvgIpc) is 2.76. The molecule has 2 aromatic heterocycles. The highest BCUT2D eigenvalue weighted by Crippen LogP contribution is 2.22. The van der Waals surface area contributed by atoms with Gasteiger partial charge in [-0.05, 0) is 63.6 Å². The van der Waals surface area contributed by atoms with Crippen molar-refractivity contribution in [3.8, 4) is 5.75 Å². The fourth-order valence-corrected chi connectivity index (χ4v) is 3.91. The van der Waals surface area contributed by atoms with Crippen LogP contribution in [0, 0.1) is 11.7 Å². The summed E-state index contributed by atoms with van der Waals surface area (Å²) in [4.78, 5) is 26.6. The van der Waals surface area contributed by atoms with E-state index in [0.717, 1.165) is 25.3 Å². The Hall–Kier alpha value is -2.55. The molecule has 0 bridgehead atoms. The number of aromatic nitrogens is 3. The lowest BCUT2D eigenvalue weighted by Gasteiger charge is -2.29. The van der Waals surface area contributed by atoms with Crippen molar-refractivity contribution in [3.05, 3.63) is 63.2 Å². The number of rotatable bonds is 7. The zero-order valence-corrected chi connectivity index (χ0v) is 18.1. The molecular weight excluding hydrogens is 421 g/mol. The third kappa shape index (κ3) is 5.39. The molecule has 4 rings (SSSR count). The lowest BCUT2D eigenvalue weighted by molar-refractivity contribution is 0.216. The van der Waals surface area contributed by atoms with Crippen LogP contribution < -0.4 is 15.6 Å². The van der Waals surface area contributed by atoms with E-state index >= 15 is 0 Å². The van der Waals surface area contributed by atoms with Gasteiger partial charge in [-0.2, -0.15) is 0 Å². The molecule has 1 fully saturated rings. The molecule has 1 aliphatic rings. The molecular formula is C22H25ClFN5O2. The molecule has 7 nitrogen and oxygen atoms in total. The minimum atomic E-state index is -0.519. The second kappa shape index (κ2) is 9.72. The SMILES string of the molecule is CN1CCC(CNCc2nccc3c(=O)[nH]c(COc4ccc(F)c(Cl)c4)nc23)CC1. The molecule has 0 amide bonds. The van der Waals surface area contributed by atoms with Crippen molar-refractivity contribution in [3.63, 3.8) is 0 Å². The van der Waals surface area contributed by atoms with Crippen LogP contribution in [0.2, 0.25) is 5.02 Å². The van der Waals surface area contributed by atoms with E-state index < -0.39 is 5.82 Å². The maximum atomic E-state index is 13.3. The molecule has 2 N–H and O–H groups in total. The van der Waals surface area contributed by atoms with Crippen LogP contribution in [-0.4, -0.2) is 46.5 Å². The lowest BCUT2D eigenvalue weighted by Crippen LogP contribution is -2.34. The van der Waals surface area contributed by atoms with Gasteiger partial charge in [-0.25, -0.2) is 9.37 Å². The average molecular weight is 446 g/mol. The van der Waals surface area contributed by atoms with E-state index in [1.165, 1.54) is 31.0 Å². The first-order valence-electron chi connectivity index (χ1n) is 10.3. The first kappa shape index (κ1) is 21.7. The quantitative estimate of drug-likeness (QED) is 0.581. The highest BCUT2D eigenvalue weighted by Gasteiger charge is 2.17. The van der Waals surface area contributed by atoms with Crippen molar-refractivity contribution in [1.82, 2.24) is 25.2 Å². The number of likely N-dealkylation sites (tertiary alicyclic amines) is 1. The number of H-pyrrole nitrogens is 1. The van der Waals surface area contributed by atoms with Crippen molar-refractivity contribution in [2.24, 2.45) is 5.92 Å². The van der Waals surface area contributed by atoms with Gasteiger partial charge in [-0.1, -0.05) is 11.6 Å². The normalized spacial score (nSPS) is 15.5. The van der Waals surface area contributed by atoms with E-state index in [2.05, 4.69) is 32.2 Å². The van der Waals surface area contributed by atoms with E-state index in [4.69, 9.17) is 16.3 Å². The van der Waals surface area contributed by atoms with Crippen LogP contribution in [0.25, 0.3) is 10.9 Å². The second-order valence-corrected chi connectivity index (χ2v) is 8.32. The summed E-state index contributed by atoms with van der Waals surface area (Å²) >= 11 is 5.79. The number of hydrogen-bond donors (Lipinski definition) is 2. The molecule has 0 spiro atoms. The molecule has 0 unspecified atom stereocenters. The van der Waals surface area contributed by atoms with Crippen LogP contribution in [0.3, 0.4) is 0 Å². The van der Waals surface area contributed by atoms with Gasteiger partial charge in [0.25, 0.3) is 5.56 Å². The van der Waals surface area contributed by atoms with Gasteiger partial charge in [0, 0.05) is 18.8 Å². The summed E-state index contributed by atoms with van der Waals surface area (Å²) in [6.07, 6.45) is 3.99. The summed E-state index contributed by atoms with van der Waals surface area (Å²) in [7, 11) is 2.15. The first-order valence-corrected chi connectivity index (χ1v) is 10.7. The smallest absolute Gasteiger partial charge is 0.258 e. The van der Waals surface area contributed by atoms with Gasteiger partial charge < -0.3 is 19.9 Å². The Morgan fingerprint density at radius 1 is 1.32 bits per heavy atom. The van der Waals surface area contributed by atoms with Crippen LogP contribution in [-0.2, 0) is 13.2 Å². The maximum Gasteiger partial charge on any atom is 0.258 e. The maximum absolute atomic E-state index is 13.3. The molecule has 0 radical (unpaired) electrons. The Kier molecular flexibility index (Phi) is 6.80. The lowest BCUT2D eigenvalue weighted by atomic mass is 9.97. The van der Waals surface area contributed by atoms with Gasteiger partial charge in [0.15, 0.2) is 0 Å². The molecule has 1 aromatic carbocycles.